The first kappa shape index (κ1) is 12.6. The van der Waals surface area contributed by atoms with Gasteiger partial charge in [-0.15, -0.1) is 0 Å². The standard InChI is InChI=1S/C14H16O4/c1-17-13-5-3-4-9-10(13)6-7-12(15)11(9)8-14(16)18-2/h3-5,11H,6-8H2,1-2H3/t11-/m1/s1. The van der Waals surface area contributed by atoms with Crippen LogP contribution in [-0.4, -0.2) is 26.0 Å². The third-order valence-corrected chi connectivity index (χ3v) is 3.37. The molecule has 18 heavy (non-hydrogen) atoms. The van der Waals surface area contributed by atoms with E-state index in [-0.39, 0.29) is 18.2 Å². The molecule has 4 nitrogen and oxygen atoms in total. The minimum atomic E-state index is -0.392. The van der Waals surface area contributed by atoms with Gasteiger partial charge in [-0.1, -0.05) is 12.1 Å². The summed E-state index contributed by atoms with van der Waals surface area (Å²) in [6.07, 6.45) is 1.24. The monoisotopic (exact) mass is 248 g/mol. The minimum Gasteiger partial charge on any atom is -0.496 e. The number of carbonyl (C=O) groups excluding carboxylic acids is 2. The first-order valence-corrected chi connectivity index (χ1v) is 5.92. The third-order valence-electron chi connectivity index (χ3n) is 3.37. The summed E-state index contributed by atoms with van der Waals surface area (Å²) in [5.41, 5.74) is 1.93. The van der Waals surface area contributed by atoms with E-state index in [0.717, 1.165) is 16.9 Å². The number of benzene rings is 1. The molecule has 0 unspecified atom stereocenters. The Kier molecular flexibility index (Phi) is 3.65. The summed E-state index contributed by atoms with van der Waals surface area (Å²) in [4.78, 5) is 23.3. The maximum atomic E-state index is 12.0. The predicted octanol–water partition coefficient (Wildman–Crippen LogP) is 1.86. The maximum Gasteiger partial charge on any atom is 0.306 e. The lowest BCUT2D eigenvalue weighted by molar-refractivity contribution is -0.142. The first-order valence-electron chi connectivity index (χ1n) is 5.92. The highest BCUT2D eigenvalue weighted by Crippen LogP contribution is 2.36. The van der Waals surface area contributed by atoms with Crippen LogP contribution in [0.5, 0.6) is 5.75 Å². The second-order valence-electron chi connectivity index (χ2n) is 4.33. The topological polar surface area (TPSA) is 52.6 Å². The van der Waals surface area contributed by atoms with Crippen LogP contribution >= 0.6 is 0 Å². The van der Waals surface area contributed by atoms with Gasteiger partial charge in [0.05, 0.1) is 26.6 Å². The molecule has 4 heteroatoms. The summed E-state index contributed by atoms with van der Waals surface area (Å²) >= 11 is 0. The van der Waals surface area contributed by atoms with E-state index in [1.807, 2.05) is 18.2 Å². The van der Waals surface area contributed by atoms with Gasteiger partial charge < -0.3 is 9.47 Å². The molecule has 0 heterocycles. The Morgan fingerprint density at radius 3 is 2.78 bits per heavy atom. The van der Waals surface area contributed by atoms with Crippen molar-refractivity contribution in [3.05, 3.63) is 29.3 Å². The van der Waals surface area contributed by atoms with Crippen molar-refractivity contribution in [2.45, 2.75) is 25.2 Å². The predicted molar refractivity (Wildman–Crippen MR) is 65.7 cm³/mol. The molecule has 0 amide bonds. The van der Waals surface area contributed by atoms with Gasteiger partial charge in [-0.2, -0.15) is 0 Å². The third kappa shape index (κ3) is 2.23. The molecule has 1 aliphatic carbocycles. The molecule has 1 aromatic rings. The molecular weight excluding hydrogens is 232 g/mol. The van der Waals surface area contributed by atoms with Crippen molar-refractivity contribution >= 4 is 11.8 Å². The lowest BCUT2D eigenvalue weighted by atomic mass is 9.80. The van der Waals surface area contributed by atoms with Gasteiger partial charge in [0.2, 0.25) is 0 Å². The van der Waals surface area contributed by atoms with Crippen LogP contribution < -0.4 is 4.74 Å². The van der Waals surface area contributed by atoms with Gasteiger partial charge >= 0.3 is 5.97 Å². The van der Waals surface area contributed by atoms with E-state index in [9.17, 15) is 9.59 Å². The van der Waals surface area contributed by atoms with Crippen molar-refractivity contribution in [2.24, 2.45) is 0 Å². The fourth-order valence-corrected chi connectivity index (χ4v) is 2.44. The van der Waals surface area contributed by atoms with Crippen LogP contribution in [0.2, 0.25) is 0 Å². The van der Waals surface area contributed by atoms with E-state index < -0.39 is 5.92 Å². The normalized spacial score (nSPS) is 18.1. The van der Waals surface area contributed by atoms with Crippen molar-refractivity contribution in [1.82, 2.24) is 0 Å². The number of Topliss-reactive ketones (excluding diaryl/α,β-unsaturated/α-hetero) is 1. The number of hydrogen-bond donors (Lipinski definition) is 0. The average Bonchev–Trinajstić information content (AvgIpc) is 2.40. The molecule has 0 radical (unpaired) electrons. The minimum absolute atomic E-state index is 0.0983. The van der Waals surface area contributed by atoms with Crippen molar-refractivity contribution < 1.29 is 19.1 Å². The van der Waals surface area contributed by atoms with Crippen LogP contribution in [-0.2, 0) is 20.7 Å². The van der Waals surface area contributed by atoms with Gasteiger partial charge in [0.15, 0.2) is 0 Å². The first-order chi connectivity index (χ1) is 8.67. The Bertz CT molecular complexity index is 479. The highest BCUT2D eigenvalue weighted by Gasteiger charge is 2.31. The molecule has 1 aromatic carbocycles. The number of fused-ring (bicyclic) bond motifs is 1. The van der Waals surface area contributed by atoms with Crippen LogP contribution in [0, 0.1) is 0 Å². The number of rotatable bonds is 3. The largest absolute Gasteiger partial charge is 0.496 e. The highest BCUT2D eigenvalue weighted by atomic mass is 16.5. The quantitative estimate of drug-likeness (QED) is 0.766. The zero-order valence-electron chi connectivity index (χ0n) is 10.6. The van der Waals surface area contributed by atoms with Crippen LogP contribution in [0.3, 0.4) is 0 Å². The Balaban J connectivity index is 2.38. The zero-order chi connectivity index (χ0) is 13.1. The van der Waals surface area contributed by atoms with Crippen LogP contribution in [0.1, 0.15) is 29.9 Å². The van der Waals surface area contributed by atoms with E-state index in [1.165, 1.54) is 7.11 Å². The molecule has 0 bridgehead atoms. The number of carbonyl (C=O) groups is 2. The van der Waals surface area contributed by atoms with Gasteiger partial charge in [-0.05, 0) is 23.6 Å². The number of esters is 1. The number of hydrogen-bond acceptors (Lipinski definition) is 4. The number of ketones is 1. The zero-order valence-corrected chi connectivity index (χ0v) is 10.6. The van der Waals surface area contributed by atoms with E-state index in [4.69, 9.17) is 4.74 Å². The van der Waals surface area contributed by atoms with E-state index in [1.54, 1.807) is 7.11 Å². The summed E-state index contributed by atoms with van der Waals surface area (Å²) < 4.78 is 9.95. The molecule has 0 N–H and O–H groups in total. The van der Waals surface area contributed by atoms with Crippen molar-refractivity contribution in [2.75, 3.05) is 14.2 Å². The van der Waals surface area contributed by atoms with Crippen LogP contribution in [0.15, 0.2) is 18.2 Å². The Labute approximate surface area is 106 Å². The summed E-state index contributed by atoms with van der Waals surface area (Å²) in [5, 5.41) is 0. The molecular formula is C14H16O4. The smallest absolute Gasteiger partial charge is 0.306 e. The van der Waals surface area contributed by atoms with Crippen LogP contribution in [0.25, 0.3) is 0 Å². The van der Waals surface area contributed by atoms with E-state index in [0.29, 0.717) is 12.8 Å². The average molecular weight is 248 g/mol. The number of ether oxygens (including phenoxy) is 2. The summed E-state index contributed by atoms with van der Waals surface area (Å²) in [5.74, 6) is 0.135. The summed E-state index contributed by atoms with van der Waals surface area (Å²) in [7, 11) is 2.95. The molecule has 0 saturated heterocycles. The molecule has 2 rings (SSSR count). The Morgan fingerprint density at radius 1 is 1.33 bits per heavy atom. The fourth-order valence-electron chi connectivity index (χ4n) is 2.44. The van der Waals surface area contributed by atoms with Gasteiger partial charge in [-0.3, -0.25) is 9.59 Å². The van der Waals surface area contributed by atoms with Crippen molar-refractivity contribution in [3.8, 4) is 5.75 Å². The van der Waals surface area contributed by atoms with Crippen LogP contribution in [0.4, 0.5) is 0 Å². The van der Waals surface area contributed by atoms with E-state index in [2.05, 4.69) is 4.74 Å². The fraction of sp³-hybridized carbons (Fsp3) is 0.429. The Hall–Kier alpha value is -1.84. The molecule has 0 spiro atoms. The Morgan fingerprint density at radius 2 is 2.11 bits per heavy atom. The second-order valence-corrected chi connectivity index (χ2v) is 4.33. The summed E-state index contributed by atoms with van der Waals surface area (Å²) in [6.45, 7) is 0. The maximum absolute atomic E-state index is 12.0. The van der Waals surface area contributed by atoms with Crippen molar-refractivity contribution in [1.29, 1.82) is 0 Å². The van der Waals surface area contributed by atoms with E-state index >= 15 is 0 Å². The molecule has 0 saturated carbocycles. The second kappa shape index (κ2) is 5.21. The number of methoxy groups -OCH3 is 2. The molecule has 0 aliphatic heterocycles. The van der Waals surface area contributed by atoms with Crippen molar-refractivity contribution in [3.63, 3.8) is 0 Å². The SMILES string of the molecule is COC(=O)C[C@H]1C(=O)CCc2c(OC)cccc21. The van der Waals surface area contributed by atoms with Gasteiger partial charge in [0.25, 0.3) is 0 Å². The highest BCUT2D eigenvalue weighted by molar-refractivity contribution is 5.92. The van der Waals surface area contributed by atoms with Gasteiger partial charge in [0.1, 0.15) is 11.5 Å². The molecule has 1 atom stereocenters. The molecule has 96 valence electrons. The lowest BCUT2D eigenvalue weighted by Crippen LogP contribution is -2.23. The molecule has 0 fully saturated rings. The molecule has 0 aromatic heterocycles. The van der Waals surface area contributed by atoms with Gasteiger partial charge in [0, 0.05) is 6.42 Å². The summed E-state index contributed by atoms with van der Waals surface area (Å²) in [6, 6.07) is 5.62. The molecule has 1 aliphatic rings. The van der Waals surface area contributed by atoms with Gasteiger partial charge in [-0.25, -0.2) is 0 Å². The lowest BCUT2D eigenvalue weighted by Gasteiger charge is -2.25.